The Morgan fingerprint density at radius 3 is 2.08 bits per heavy atom. The van der Waals surface area contributed by atoms with E-state index in [4.69, 9.17) is 0 Å². The molecule has 0 heterocycles. The molecule has 0 aliphatic heterocycles. The summed E-state index contributed by atoms with van der Waals surface area (Å²) in [6.45, 7) is 6.83. The van der Waals surface area contributed by atoms with E-state index in [2.05, 4.69) is 12.6 Å². The van der Waals surface area contributed by atoms with Crippen LogP contribution in [-0.4, -0.2) is 17.3 Å². The van der Waals surface area contributed by atoms with Gasteiger partial charge in [-0.05, 0) is 20.3 Å². The maximum Gasteiger partial charge on any atom is 0.136 e. The van der Waals surface area contributed by atoms with Crippen molar-refractivity contribution in [1.82, 2.24) is 0 Å². The molecule has 0 spiro atoms. The van der Waals surface area contributed by atoms with Crippen LogP contribution in [0.25, 0.3) is 0 Å². The lowest BCUT2D eigenvalue weighted by molar-refractivity contribution is -0.127. The van der Waals surface area contributed by atoms with Crippen molar-refractivity contribution in [3.63, 3.8) is 0 Å². The lowest BCUT2D eigenvalue weighted by Gasteiger charge is -2.26. The third kappa shape index (κ3) is 3.51. The number of rotatable bonds is 5. The van der Waals surface area contributed by atoms with Crippen LogP contribution in [-0.2, 0) is 9.59 Å². The van der Waals surface area contributed by atoms with Gasteiger partial charge in [-0.1, -0.05) is 13.8 Å². The molecule has 0 amide bonds. The summed E-state index contributed by atoms with van der Waals surface area (Å²) in [7, 11) is 0. The number of hydrogen-bond donors (Lipinski definition) is 1. The Morgan fingerprint density at radius 1 is 1.38 bits per heavy atom. The molecule has 0 saturated carbocycles. The molecule has 0 N–H and O–H groups in total. The van der Waals surface area contributed by atoms with Gasteiger partial charge in [0.05, 0.1) is 0 Å². The van der Waals surface area contributed by atoms with Gasteiger partial charge in [-0.25, -0.2) is 0 Å². The summed E-state index contributed by atoms with van der Waals surface area (Å²) in [4.78, 5) is 22.3. The zero-order chi connectivity index (χ0) is 10.6. The summed E-state index contributed by atoms with van der Waals surface area (Å²) >= 11 is 4.15. The Kier molecular flexibility index (Phi) is 4.68. The highest BCUT2D eigenvalue weighted by Crippen LogP contribution is 2.28. The van der Waals surface area contributed by atoms with E-state index >= 15 is 0 Å². The van der Waals surface area contributed by atoms with E-state index in [9.17, 15) is 9.59 Å². The van der Waals surface area contributed by atoms with Gasteiger partial charge in [-0.15, -0.1) is 0 Å². The molecule has 0 aromatic carbocycles. The largest absolute Gasteiger partial charge is 0.300 e. The van der Waals surface area contributed by atoms with Crippen molar-refractivity contribution < 1.29 is 9.59 Å². The Bertz CT molecular complexity index is 213. The van der Waals surface area contributed by atoms with Crippen molar-refractivity contribution >= 4 is 24.2 Å². The average molecular weight is 202 g/mol. The SMILES string of the molecule is CC(=O)C(C)CC(C)(CS)C(C)=O. The number of carbonyl (C=O) groups excluding carboxylic acids is 2. The molecule has 0 aromatic rings. The van der Waals surface area contributed by atoms with E-state index < -0.39 is 5.41 Å². The van der Waals surface area contributed by atoms with Crippen LogP contribution in [0.1, 0.15) is 34.1 Å². The zero-order valence-corrected chi connectivity index (χ0v) is 9.65. The second-order valence-electron chi connectivity index (χ2n) is 3.99. The van der Waals surface area contributed by atoms with Gasteiger partial charge < -0.3 is 0 Å². The fraction of sp³-hybridized carbons (Fsp3) is 0.800. The standard InChI is InChI=1S/C10H18O2S/c1-7(8(2)11)5-10(4,6-13)9(3)12/h7,13H,5-6H2,1-4H3. The molecular weight excluding hydrogens is 184 g/mol. The molecule has 13 heavy (non-hydrogen) atoms. The van der Waals surface area contributed by atoms with Gasteiger partial charge in [0.2, 0.25) is 0 Å². The van der Waals surface area contributed by atoms with Gasteiger partial charge in [0.1, 0.15) is 11.6 Å². The van der Waals surface area contributed by atoms with Gasteiger partial charge in [0, 0.05) is 17.1 Å². The summed E-state index contributed by atoms with van der Waals surface area (Å²) in [5.74, 6) is 0.686. The van der Waals surface area contributed by atoms with Crippen LogP contribution >= 0.6 is 12.6 Å². The van der Waals surface area contributed by atoms with Crippen LogP contribution in [0, 0.1) is 11.3 Å². The van der Waals surface area contributed by atoms with E-state index in [1.165, 1.54) is 0 Å². The Balaban J connectivity index is 4.45. The number of ketones is 2. The topological polar surface area (TPSA) is 34.1 Å². The smallest absolute Gasteiger partial charge is 0.136 e. The fourth-order valence-electron chi connectivity index (χ4n) is 1.14. The fourth-order valence-corrected chi connectivity index (χ4v) is 1.49. The molecule has 3 heteroatoms. The molecule has 2 unspecified atom stereocenters. The first-order chi connectivity index (χ1) is 5.83. The summed E-state index contributed by atoms with van der Waals surface area (Å²) < 4.78 is 0. The first-order valence-electron chi connectivity index (χ1n) is 4.46. The van der Waals surface area contributed by atoms with Crippen LogP contribution in [0.2, 0.25) is 0 Å². The predicted molar refractivity (Wildman–Crippen MR) is 57.1 cm³/mol. The quantitative estimate of drug-likeness (QED) is 0.693. The normalized spacial score (nSPS) is 17.6. The summed E-state index contributed by atoms with van der Waals surface area (Å²) in [5.41, 5.74) is -0.450. The minimum atomic E-state index is -0.450. The van der Waals surface area contributed by atoms with Crippen molar-refractivity contribution in [2.45, 2.75) is 34.1 Å². The summed E-state index contributed by atoms with van der Waals surface area (Å²) in [5, 5.41) is 0. The molecule has 0 saturated heterocycles. The minimum Gasteiger partial charge on any atom is -0.300 e. The minimum absolute atomic E-state index is 0.0546. The number of carbonyl (C=O) groups is 2. The van der Waals surface area contributed by atoms with Gasteiger partial charge in [0.15, 0.2) is 0 Å². The molecule has 0 aliphatic rings. The van der Waals surface area contributed by atoms with E-state index in [0.29, 0.717) is 12.2 Å². The molecule has 0 bridgehead atoms. The van der Waals surface area contributed by atoms with Crippen LogP contribution < -0.4 is 0 Å². The molecule has 76 valence electrons. The summed E-state index contributed by atoms with van der Waals surface area (Å²) in [6.07, 6.45) is 0.598. The van der Waals surface area contributed by atoms with E-state index in [1.807, 2.05) is 13.8 Å². The Labute approximate surface area is 85.5 Å². The zero-order valence-electron chi connectivity index (χ0n) is 8.76. The molecule has 0 aliphatic carbocycles. The van der Waals surface area contributed by atoms with Crippen molar-refractivity contribution in [3.05, 3.63) is 0 Å². The Hall–Kier alpha value is -0.310. The van der Waals surface area contributed by atoms with Gasteiger partial charge >= 0.3 is 0 Å². The van der Waals surface area contributed by atoms with E-state index in [0.717, 1.165) is 0 Å². The predicted octanol–water partition coefficient (Wildman–Crippen LogP) is 2.13. The molecule has 0 radical (unpaired) electrons. The second kappa shape index (κ2) is 4.80. The first kappa shape index (κ1) is 12.7. The van der Waals surface area contributed by atoms with Crippen LogP contribution in [0.4, 0.5) is 0 Å². The maximum atomic E-state index is 11.3. The number of thiol groups is 1. The highest BCUT2D eigenvalue weighted by atomic mass is 32.1. The third-order valence-corrected chi connectivity index (χ3v) is 3.35. The van der Waals surface area contributed by atoms with Crippen molar-refractivity contribution in [3.8, 4) is 0 Å². The van der Waals surface area contributed by atoms with Gasteiger partial charge in [-0.3, -0.25) is 9.59 Å². The van der Waals surface area contributed by atoms with Gasteiger partial charge in [-0.2, -0.15) is 12.6 Å². The number of hydrogen-bond acceptors (Lipinski definition) is 3. The molecule has 2 atom stereocenters. The molecule has 0 aromatic heterocycles. The molecular formula is C10H18O2S. The lowest BCUT2D eigenvalue weighted by Crippen LogP contribution is -2.31. The lowest BCUT2D eigenvalue weighted by atomic mass is 9.79. The Morgan fingerprint density at radius 2 is 1.85 bits per heavy atom. The monoisotopic (exact) mass is 202 g/mol. The first-order valence-corrected chi connectivity index (χ1v) is 5.09. The van der Waals surface area contributed by atoms with E-state index in [1.54, 1.807) is 13.8 Å². The molecule has 0 fully saturated rings. The van der Waals surface area contributed by atoms with Crippen molar-refractivity contribution in [1.29, 1.82) is 0 Å². The van der Waals surface area contributed by atoms with E-state index in [-0.39, 0.29) is 17.5 Å². The van der Waals surface area contributed by atoms with Crippen LogP contribution in [0.15, 0.2) is 0 Å². The average Bonchev–Trinajstić information content (AvgIpc) is 2.03. The second-order valence-corrected chi connectivity index (χ2v) is 4.31. The van der Waals surface area contributed by atoms with Crippen molar-refractivity contribution in [2.75, 3.05) is 5.75 Å². The highest BCUT2D eigenvalue weighted by Gasteiger charge is 2.31. The maximum absolute atomic E-state index is 11.3. The third-order valence-electron chi connectivity index (χ3n) is 2.65. The number of Topliss-reactive ketones (excluding diaryl/α,β-unsaturated/α-hetero) is 2. The molecule has 0 rings (SSSR count). The van der Waals surface area contributed by atoms with Crippen molar-refractivity contribution in [2.24, 2.45) is 11.3 Å². The van der Waals surface area contributed by atoms with Crippen LogP contribution in [0.5, 0.6) is 0 Å². The van der Waals surface area contributed by atoms with Gasteiger partial charge in [0.25, 0.3) is 0 Å². The highest BCUT2D eigenvalue weighted by molar-refractivity contribution is 7.80. The van der Waals surface area contributed by atoms with Crippen LogP contribution in [0.3, 0.4) is 0 Å². The molecule has 2 nitrogen and oxygen atoms in total. The summed E-state index contributed by atoms with van der Waals surface area (Å²) in [6, 6.07) is 0.